The van der Waals surface area contributed by atoms with Gasteiger partial charge in [-0.1, -0.05) is 0 Å². The van der Waals surface area contributed by atoms with Gasteiger partial charge in [-0.25, -0.2) is 13.4 Å². The first-order valence-corrected chi connectivity index (χ1v) is 8.70. The molecular weight excluding hydrogens is 356 g/mol. The molecule has 0 aliphatic heterocycles. The molecule has 2 aromatic rings. The number of aromatic nitrogens is 1. The zero-order valence-electron chi connectivity index (χ0n) is 11.4. The van der Waals surface area contributed by atoms with Crippen LogP contribution in [-0.2, 0) is 9.84 Å². The zero-order valence-corrected chi connectivity index (χ0v) is 13.8. The first-order chi connectivity index (χ1) is 9.77. The molecule has 0 fully saturated rings. The number of anilines is 1. The summed E-state index contributed by atoms with van der Waals surface area (Å²) in [6, 6.07) is 9.26. The Hall–Kier alpha value is -1.73. The standard InChI is InChI=1S/C14H13BrN2O3S/c1-9-12(7-8-13(15)16-9)17-14(18)10-3-5-11(6-4-10)21(2,19)20/h3-8H,1-2H3,(H,17,18). The molecule has 1 aromatic heterocycles. The second-order valence-corrected chi connectivity index (χ2v) is 7.35. The highest BCUT2D eigenvalue weighted by Crippen LogP contribution is 2.17. The lowest BCUT2D eigenvalue weighted by Crippen LogP contribution is -2.13. The van der Waals surface area contributed by atoms with Gasteiger partial charge in [0, 0.05) is 11.8 Å². The first-order valence-electron chi connectivity index (χ1n) is 6.02. The Morgan fingerprint density at radius 3 is 2.29 bits per heavy atom. The molecule has 1 amide bonds. The number of pyridine rings is 1. The van der Waals surface area contributed by atoms with E-state index in [1.165, 1.54) is 24.3 Å². The number of hydrogen-bond acceptors (Lipinski definition) is 4. The van der Waals surface area contributed by atoms with Gasteiger partial charge in [0.05, 0.1) is 16.3 Å². The van der Waals surface area contributed by atoms with Crippen molar-refractivity contribution in [3.05, 3.63) is 52.3 Å². The largest absolute Gasteiger partial charge is 0.320 e. The summed E-state index contributed by atoms with van der Waals surface area (Å²) in [6.07, 6.45) is 1.12. The van der Waals surface area contributed by atoms with Crippen molar-refractivity contribution < 1.29 is 13.2 Å². The Balaban J connectivity index is 2.21. The number of carbonyl (C=O) groups excluding carboxylic acids is 1. The van der Waals surface area contributed by atoms with E-state index in [9.17, 15) is 13.2 Å². The smallest absolute Gasteiger partial charge is 0.255 e. The molecule has 0 aliphatic rings. The molecule has 0 bridgehead atoms. The summed E-state index contributed by atoms with van der Waals surface area (Å²) in [7, 11) is -3.26. The third kappa shape index (κ3) is 3.89. The number of amides is 1. The summed E-state index contributed by atoms with van der Waals surface area (Å²) in [6.45, 7) is 1.78. The third-order valence-corrected chi connectivity index (χ3v) is 4.41. The number of hydrogen-bond donors (Lipinski definition) is 1. The normalized spacial score (nSPS) is 11.2. The molecule has 5 nitrogen and oxygen atoms in total. The Morgan fingerprint density at radius 2 is 1.76 bits per heavy atom. The molecule has 0 spiro atoms. The fraction of sp³-hybridized carbons (Fsp3) is 0.143. The maximum absolute atomic E-state index is 12.1. The highest BCUT2D eigenvalue weighted by atomic mass is 79.9. The number of benzene rings is 1. The van der Waals surface area contributed by atoms with Crippen molar-refractivity contribution in [2.45, 2.75) is 11.8 Å². The molecule has 0 atom stereocenters. The molecule has 0 unspecified atom stereocenters. The second-order valence-electron chi connectivity index (χ2n) is 4.52. The van der Waals surface area contributed by atoms with Crippen LogP contribution < -0.4 is 5.32 Å². The van der Waals surface area contributed by atoms with E-state index < -0.39 is 9.84 Å². The van der Waals surface area contributed by atoms with Crippen LogP contribution in [0.2, 0.25) is 0 Å². The molecule has 21 heavy (non-hydrogen) atoms. The summed E-state index contributed by atoms with van der Waals surface area (Å²) in [5.74, 6) is -0.317. The van der Waals surface area contributed by atoms with Crippen molar-refractivity contribution in [2.24, 2.45) is 0 Å². The monoisotopic (exact) mass is 368 g/mol. The van der Waals surface area contributed by atoms with Gasteiger partial charge in [0.1, 0.15) is 4.60 Å². The first kappa shape index (κ1) is 15.7. The average molecular weight is 369 g/mol. The molecule has 0 aliphatic carbocycles. The van der Waals surface area contributed by atoms with Crippen LogP contribution in [0, 0.1) is 6.92 Å². The van der Waals surface area contributed by atoms with Gasteiger partial charge >= 0.3 is 0 Å². The van der Waals surface area contributed by atoms with Gasteiger partial charge < -0.3 is 5.32 Å². The quantitative estimate of drug-likeness (QED) is 0.845. The number of aryl methyl sites for hydroxylation is 1. The van der Waals surface area contributed by atoms with Gasteiger partial charge in [-0.3, -0.25) is 4.79 Å². The molecule has 2 rings (SSSR count). The van der Waals surface area contributed by atoms with Gasteiger partial charge in [-0.05, 0) is 59.3 Å². The summed E-state index contributed by atoms with van der Waals surface area (Å²) in [5, 5.41) is 2.74. The fourth-order valence-electron chi connectivity index (χ4n) is 1.71. The van der Waals surface area contributed by atoms with E-state index in [1.54, 1.807) is 19.1 Å². The van der Waals surface area contributed by atoms with E-state index in [1.807, 2.05) is 0 Å². The number of nitrogens with zero attached hydrogens (tertiary/aromatic N) is 1. The second kappa shape index (κ2) is 5.95. The lowest BCUT2D eigenvalue weighted by molar-refractivity contribution is 0.102. The molecule has 0 radical (unpaired) electrons. The van der Waals surface area contributed by atoms with E-state index in [-0.39, 0.29) is 10.8 Å². The van der Waals surface area contributed by atoms with Crippen LogP contribution in [0.3, 0.4) is 0 Å². The van der Waals surface area contributed by atoms with Gasteiger partial charge in [0.25, 0.3) is 5.91 Å². The lowest BCUT2D eigenvalue weighted by Gasteiger charge is -2.08. The van der Waals surface area contributed by atoms with E-state index in [2.05, 4.69) is 26.2 Å². The summed E-state index contributed by atoms with van der Waals surface area (Å²) >= 11 is 3.25. The number of rotatable bonds is 3. The van der Waals surface area contributed by atoms with E-state index in [0.717, 1.165) is 6.26 Å². The van der Waals surface area contributed by atoms with Crippen molar-refractivity contribution in [1.29, 1.82) is 0 Å². The topological polar surface area (TPSA) is 76.1 Å². The predicted molar refractivity (Wildman–Crippen MR) is 84.2 cm³/mol. The minimum absolute atomic E-state index is 0.181. The number of carbonyl (C=O) groups is 1. The van der Waals surface area contributed by atoms with Crippen LogP contribution in [0.5, 0.6) is 0 Å². The van der Waals surface area contributed by atoms with Crippen molar-refractivity contribution in [3.63, 3.8) is 0 Å². The average Bonchev–Trinajstić information content (AvgIpc) is 2.41. The number of halogens is 1. The summed E-state index contributed by atoms with van der Waals surface area (Å²) in [4.78, 5) is 16.5. The molecule has 0 saturated heterocycles. The minimum atomic E-state index is -3.26. The van der Waals surface area contributed by atoms with Crippen molar-refractivity contribution in [2.75, 3.05) is 11.6 Å². The highest BCUT2D eigenvalue weighted by Gasteiger charge is 2.11. The highest BCUT2D eigenvalue weighted by molar-refractivity contribution is 9.10. The van der Waals surface area contributed by atoms with Crippen LogP contribution >= 0.6 is 15.9 Å². The van der Waals surface area contributed by atoms with Gasteiger partial charge in [0.15, 0.2) is 9.84 Å². The molecule has 1 aromatic carbocycles. The van der Waals surface area contributed by atoms with Gasteiger partial charge in [-0.2, -0.15) is 0 Å². The fourth-order valence-corrected chi connectivity index (χ4v) is 2.74. The van der Waals surface area contributed by atoms with Gasteiger partial charge in [0.2, 0.25) is 0 Å². The van der Waals surface area contributed by atoms with E-state index in [0.29, 0.717) is 21.5 Å². The molecule has 110 valence electrons. The Bertz CT molecular complexity index is 786. The Morgan fingerprint density at radius 1 is 1.14 bits per heavy atom. The van der Waals surface area contributed by atoms with E-state index in [4.69, 9.17) is 0 Å². The van der Waals surface area contributed by atoms with Crippen LogP contribution in [0.4, 0.5) is 5.69 Å². The molecule has 1 N–H and O–H groups in total. The summed E-state index contributed by atoms with van der Waals surface area (Å²) < 4.78 is 23.4. The van der Waals surface area contributed by atoms with Crippen LogP contribution in [-0.4, -0.2) is 25.6 Å². The predicted octanol–water partition coefficient (Wildman–Crippen LogP) is 2.81. The lowest BCUT2D eigenvalue weighted by atomic mass is 10.2. The number of sulfone groups is 1. The summed E-state index contributed by atoms with van der Waals surface area (Å²) in [5.41, 5.74) is 1.67. The third-order valence-electron chi connectivity index (χ3n) is 2.84. The maximum Gasteiger partial charge on any atom is 0.255 e. The van der Waals surface area contributed by atoms with Crippen LogP contribution in [0.1, 0.15) is 16.1 Å². The van der Waals surface area contributed by atoms with Crippen molar-refractivity contribution >= 4 is 37.4 Å². The Labute approximate surface area is 131 Å². The minimum Gasteiger partial charge on any atom is -0.320 e. The van der Waals surface area contributed by atoms with Crippen molar-refractivity contribution in [3.8, 4) is 0 Å². The van der Waals surface area contributed by atoms with Gasteiger partial charge in [-0.15, -0.1) is 0 Å². The number of nitrogens with one attached hydrogen (secondary N) is 1. The maximum atomic E-state index is 12.1. The van der Waals surface area contributed by atoms with E-state index >= 15 is 0 Å². The SMILES string of the molecule is Cc1nc(Br)ccc1NC(=O)c1ccc(S(C)(=O)=O)cc1. The van der Waals surface area contributed by atoms with Crippen molar-refractivity contribution in [1.82, 2.24) is 4.98 Å². The molecular formula is C14H13BrN2O3S. The molecule has 7 heteroatoms. The van der Waals surface area contributed by atoms with Crippen LogP contribution in [0.25, 0.3) is 0 Å². The Kier molecular flexibility index (Phi) is 4.43. The van der Waals surface area contributed by atoms with Crippen LogP contribution in [0.15, 0.2) is 45.9 Å². The molecule has 1 heterocycles. The zero-order chi connectivity index (χ0) is 15.6. The molecule has 0 saturated carbocycles.